The van der Waals surface area contributed by atoms with Gasteiger partial charge in [-0.15, -0.1) is 0 Å². The molecule has 0 aliphatic heterocycles. The van der Waals surface area contributed by atoms with Gasteiger partial charge in [0.25, 0.3) is 0 Å². The smallest absolute Gasteiger partial charge is 0.0894 e. The molecule has 0 unspecified atom stereocenters. The molecule has 1 aliphatic carbocycles. The number of rotatable bonds is 9. The van der Waals surface area contributed by atoms with Crippen molar-refractivity contribution in [3.8, 4) is 22.3 Å². The van der Waals surface area contributed by atoms with Crippen LogP contribution in [0.1, 0.15) is 75.3 Å². The maximum atomic E-state index is 12.2. The highest BCUT2D eigenvalue weighted by Crippen LogP contribution is 2.37. The van der Waals surface area contributed by atoms with Gasteiger partial charge in [-0.05, 0) is 90.2 Å². The molecule has 32 heavy (non-hydrogen) atoms. The first-order valence-electron chi connectivity index (χ1n) is 12.6. The lowest BCUT2D eigenvalue weighted by atomic mass is 9.77. The third-order valence-electron chi connectivity index (χ3n) is 7.41. The van der Waals surface area contributed by atoms with E-state index in [-0.39, 0.29) is 6.67 Å². The van der Waals surface area contributed by atoms with Gasteiger partial charge in [-0.3, -0.25) is 4.39 Å². The molecule has 0 heterocycles. The molecule has 0 atom stereocenters. The predicted molar refractivity (Wildman–Crippen MR) is 136 cm³/mol. The van der Waals surface area contributed by atoms with Crippen LogP contribution >= 0.6 is 0 Å². The summed E-state index contributed by atoms with van der Waals surface area (Å²) in [4.78, 5) is 0. The maximum absolute atomic E-state index is 12.2. The Labute approximate surface area is 193 Å². The molecule has 0 bridgehead atoms. The van der Waals surface area contributed by atoms with Crippen LogP contribution in [0.2, 0.25) is 0 Å². The molecule has 4 rings (SSSR count). The van der Waals surface area contributed by atoms with Gasteiger partial charge in [-0.1, -0.05) is 92.6 Å². The van der Waals surface area contributed by atoms with Crippen LogP contribution in [0, 0.1) is 5.92 Å². The summed E-state index contributed by atoms with van der Waals surface area (Å²) in [5.41, 5.74) is 7.94. The second-order valence-corrected chi connectivity index (χ2v) is 9.52. The number of alkyl halides is 1. The molecule has 0 N–H and O–H groups in total. The van der Waals surface area contributed by atoms with Crippen molar-refractivity contribution in [1.82, 2.24) is 0 Å². The second kappa shape index (κ2) is 11.5. The maximum Gasteiger partial charge on any atom is 0.0894 e. The normalized spacial score (nSPS) is 18.6. The van der Waals surface area contributed by atoms with Crippen LogP contribution in [0.25, 0.3) is 22.3 Å². The Morgan fingerprint density at radius 1 is 0.625 bits per heavy atom. The SMILES string of the molecule is CCC1CCC(c2ccc(-c3ccc(-c4ccc(CCCCCF)cc4)cc3)cc2)CC1. The van der Waals surface area contributed by atoms with E-state index in [0.717, 1.165) is 31.1 Å². The van der Waals surface area contributed by atoms with Crippen LogP contribution < -0.4 is 0 Å². The van der Waals surface area contributed by atoms with E-state index in [1.165, 1.54) is 65.5 Å². The molecule has 0 amide bonds. The summed E-state index contributed by atoms with van der Waals surface area (Å²) in [5, 5.41) is 0. The van der Waals surface area contributed by atoms with Gasteiger partial charge < -0.3 is 0 Å². The first-order valence-corrected chi connectivity index (χ1v) is 12.6. The van der Waals surface area contributed by atoms with Crippen molar-refractivity contribution in [2.45, 2.75) is 70.6 Å². The number of hydrogen-bond donors (Lipinski definition) is 0. The molecule has 0 aromatic heterocycles. The van der Waals surface area contributed by atoms with Crippen LogP contribution in [0.4, 0.5) is 4.39 Å². The average Bonchev–Trinajstić information content (AvgIpc) is 2.87. The van der Waals surface area contributed by atoms with Gasteiger partial charge in [0, 0.05) is 0 Å². The number of halogens is 1. The van der Waals surface area contributed by atoms with Crippen molar-refractivity contribution in [2.24, 2.45) is 5.92 Å². The van der Waals surface area contributed by atoms with Gasteiger partial charge in [0.05, 0.1) is 6.67 Å². The molecule has 1 saturated carbocycles. The minimum Gasteiger partial charge on any atom is -0.251 e. The fourth-order valence-corrected chi connectivity index (χ4v) is 5.17. The fourth-order valence-electron chi connectivity index (χ4n) is 5.17. The Morgan fingerprint density at radius 2 is 1.12 bits per heavy atom. The average molecular weight is 429 g/mol. The second-order valence-electron chi connectivity index (χ2n) is 9.52. The molecular formula is C31H37F. The molecule has 0 spiro atoms. The standard InChI is InChI=1S/C31H37F/c1-2-24-7-11-26(12-8-24)28-15-19-30(20-16-28)31-21-17-29(18-22-31)27-13-9-25(10-14-27)6-4-3-5-23-32/h9-10,13-22,24,26H,2-8,11-12,23H2,1H3. The summed E-state index contributed by atoms with van der Waals surface area (Å²) in [5.74, 6) is 1.70. The summed E-state index contributed by atoms with van der Waals surface area (Å²) in [6.45, 7) is 2.14. The van der Waals surface area contributed by atoms with E-state index < -0.39 is 0 Å². The Hall–Kier alpha value is -2.41. The van der Waals surface area contributed by atoms with Gasteiger partial charge in [-0.25, -0.2) is 0 Å². The van der Waals surface area contributed by atoms with E-state index in [2.05, 4.69) is 79.7 Å². The van der Waals surface area contributed by atoms with E-state index in [9.17, 15) is 4.39 Å². The molecule has 0 radical (unpaired) electrons. The molecule has 168 valence electrons. The molecule has 0 nitrogen and oxygen atoms in total. The highest BCUT2D eigenvalue weighted by molar-refractivity contribution is 5.70. The van der Waals surface area contributed by atoms with Gasteiger partial charge in [-0.2, -0.15) is 0 Å². The van der Waals surface area contributed by atoms with Crippen molar-refractivity contribution < 1.29 is 4.39 Å². The van der Waals surface area contributed by atoms with Crippen molar-refractivity contribution in [3.05, 3.63) is 83.9 Å². The van der Waals surface area contributed by atoms with Gasteiger partial charge >= 0.3 is 0 Å². The zero-order chi connectivity index (χ0) is 22.2. The van der Waals surface area contributed by atoms with Crippen LogP contribution in [0.3, 0.4) is 0 Å². The quantitative estimate of drug-likeness (QED) is 0.298. The van der Waals surface area contributed by atoms with Crippen LogP contribution in [0.15, 0.2) is 72.8 Å². The Bertz CT molecular complexity index is 929. The van der Waals surface area contributed by atoms with Gasteiger partial charge in [0.15, 0.2) is 0 Å². The molecule has 0 saturated heterocycles. The monoisotopic (exact) mass is 428 g/mol. The minimum atomic E-state index is -0.195. The number of hydrogen-bond acceptors (Lipinski definition) is 0. The zero-order valence-corrected chi connectivity index (χ0v) is 19.5. The lowest BCUT2D eigenvalue weighted by molar-refractivity contribution is 0.319. The molecule has 3 aromatic carbocycles. The van der Waals surface area contributed by atoms with Crippen molar-refractivity contribution in [2.75, 3.05) is 6.67 Å². The van der Waals surface area contributed by atoms with Crippen molar-refractivity contribution in [3.63, 3.8) is 0 Å². The molecular weight excluding hydrogens is 391 g/mol. The summed E-state index contributed by atoms with van der Waals surface area (Å²) in [6.07, 6.45) is 10.6. The van der Waals surface area contributed by atoms with Crippen LogP contribution in [0.5, 0.6) is 0 Å². The Morgan fingerprint density at radius 3 is 1.62 bits per heavy atom. The molecule has 1 heteroatoms. The first-order chi connectivity index (χ1) is 15.8. The summed E-state index contributed by atoms with van der Waals surface area (Å²) < 4.78 is 12.2. The molecule has 1 fully saturated rings. The van der Waals surface area contributed by atoms with E-state index in [1.54, 1.807) is 0 Å². The topological polar surface area (TPSA) is 0 Å². The predicted octanol–water partition coefficient (Wildman–Crippen LogP) is 9.39. The van der Waals surface area contributed by atoms with Gasteiger partial charge in [0.1, 0.15) is 0 Å². The van der Waals surface area contributed by atoms with Gasteiger partial charge in [0.2, 0.25) is 0 Å². The molecule has 3 aromatic rings. The summed E-state index contributed by atoms with van der Waals surface area (Å²) >= 11 is 0. The summed E-state index contributed by atoms with van der Waals surface area (Å²) in [6, 6.07) is 27.1. The first kappa shape index (κ1) is 22.8. The largest absolute Gasteiger partial charge is 0.251 e. The molecule has 1 aliphatic rings. The third kappa shape index (κ3) is 5.88. The lowest BCUT2D eigenvalue weighted by Gasteiger charge is -2.28. The fraction of sp³-hybridized carbons (Fsp3) is 0.419. The van der Waals surface area contributed by atoms with Crippen LogP contribution in [-0.2, 0) is 6.42 Å². The van der Waals surface area contributed by atoms with E-state index in [4.69, 9.17) is 0 Å². The lowest BCUT2D eigenvalue weighted by Crippen LogP contribution is -2.12. The number of aryl methyl sites for hydroxylation is 1. The number of unbranched alkanes of at least 4 members (excludes halogenated alkanes) is 2. The highest BCUT2D eigenvalue weighted by atomic mass is 19.1. The highest BCUT2D eigenvalue weighted by Gasteiger charge is 2.21. The van der Waals surface area contributed by atoms with E-state index in [1.807, 2.05) is 0 Å². The minimum absolute atomic E-state index is 0.195. The van der Waals surface area contributed by atoms with E-state index in [0.29, 0.717) is 6.42 Å². The Balaban J connectivity index is 1.36. The van der Waals surface area contributed by atoms with Crippen molar-refractivity contribution in [1.29, 1.82) is 0 Å². The van der Waals surface area contributed by atoms with Crippen molar-refractivity contribution >= 4 is 0 Å². The van der Waals surface area contributed by atoms with Crippen LogP contribution in [-0.4, -0.2) is 6.67 Å². The Kier molecular flexibility index (Phi) is 8.15. The summed E-state index contributed by atoms with van der Waals surface area (Å²) in [7, 11) is 0. The zero-order valence-electron chi connectivity index (χ0n) is 19.5. The van der Waals surface area contributed by atoms with E-state index >= 15 is 0 Å². The number of benzene rings is 3. The third-order valence-corrected chi connectivity index (χ3v) is 7.41.